The van der Waals surface area contributed by atoms with Crippen LogP contribution in [-0.4, -0.2) is 51.6 Å². The summed E-state index contributed by atoms with van der Waals surface area (Å²) in [5, 5.41) is 7.38. The Kier molecular flexibility index (Phi) is 5.05. The van der Waals surface area contributed by atoms with Crippen LogP contribution in [0.1, 0.15) is 31.3 Å². The Balaban J connectivity index is 1.63. The van der Waals surface area contributed by atoms with Crippen LogP contribution in [0.25, 0.3) is 0 Å². The average Bonchev–Trinajstić information content (AvgIpc) is 3.02. The van der Waals surface area contributed by atoms with Gasteiger partial charge in [0.15, 0.2) is 0 Å². The minimum atomic E-state index is -3.46. The molecular weight excluding hydrogens is 340 g/mol. The minimum Gasteiger partial charge on any atom is -0.367 e. The van der Waals surface area contributed by atoms with Crippen molar-refractivity contribution in [1.29, 1.82) is 0 Å². The fourth-order valence-corrected chi connectivity index (χ4v) is 4.47. The largest absolute Gasteiger partial charge is 0.367 e. The molecular formula is C16H24N6O2S. The third-order valence-electron chi connectivity index (χ3n) is 4.38. The van der Waals surface area contributed by atoms with Crippen LogP contribution >= 0.6 is 0 Å². The Hall–Kier alpha value is -2.00. The number of aromatic nitrogens is 4. The molecule has 2 aromatic rings. The van der Waals surface area contributed by atoms with Gasteiger partial charge < -0.3 is 5.32 Å². The van der Waals surface area contributed by atoms with Crippen molar-refractivity contribution < 1.29 is 8.42 Å². The lowest BCUT2D eigenvalue weighted by molar-refractivity contribution is 0.329. The van der Waals surface area contributed by atoms with E-state index in [1.54, 1.807) is 7.05 Å². The maximum Gasteiger partial charge on any atom is 0.246 e. The molecule has 0 unspecified atom stereocenters. The fourth-order valence-electron chi connectivity index (χ4n) is 3.02. The molecule has 1 aliphatic rings. The van der Waals surface area contributed by atoms with E-state index in [4.69, 9.17) is 0 Å². The predicted octanol–water partition coefficient (Wildman–Crippen LogP) is 1.35. The van der Waals surface area contributed by atoms with Gasteiger partial charge in [0.25, 0.3) is 0 Å². The number of sulfonamides is 1. The molecule has 0 saturated carbocycles. The first-order valence-electron chi connectivity index (χ1n) is 8.48. The van der Waals surface area contributed by atoms with Gasteiger partial charge in [-0.25, -0.2) is 18.4 Å². The lowest BCUT2D eigenvalue weighted by Crippen LogP contribution is -2.42. The van der Waals surface area contributed by atoms with E-state index in [-0.39, 0.29) is 10.9 Å². The summed E-state index contributed by atoms with van der Waals surface area (Å²) in [4.78, 5) is 9.06. The van der Waals surface area contributed by atoms with E-state index in [0.29, 0.717) is 13.1 Å². The molecule has 3 rings (SSSR count). The van der Waals surface area contributed by atoms with E-state index < -0.39 is 10.0 Å². The molecule has 0 aliphatic carbocycles. The number of nitrogens with one attached hydrogen (secondary N) is 1. The molecule has 1 saturated heterocycles. The number of hydrogen-bond donors (Lipinski definition) is 1. The van der Waals surface area contributed by atoms with Gasteiger partial charge in [-0.05, 0) is 26.2 Å². The Morgan fingerprint density at radius 3 is 2.60 bits per heavy atom. The van der Waals surface area contributed by atoms with Crippen LogP contribution in [0.2, 0.25) is 0 Å². The zero-order valence-electron chi connectivity index (χ0n) is 14.8. The van der Waals surface area contributed by atoms with Gasteiger partial charge in [0.1, 0.15) is 16.5 Å². The van der Waals surface area contributed by atoms with Gasteiger partial charge in [0.2, 0.25) is 10.0 Å². The first-order chi connectivity index (χ1) is 11.9. The van der Waals surface area contributed by atoms with Crippen molar-refractivity contribution in [2.75, 3.05) is 18.4 Å². The molecule has 0 aromatic carbocycles. The minimum absolute atomic E-state index is 0.208. The van der Waals surface area contributed by atoms with Crippen LogP contribution in [0.15, 0.2) is 23.4 Å². The second-order valence-electron chi connectivity index (χ2n) is 6.32. The molecule has 1 fully saturated rings. The van der Waals surface area contributed by atoms with Crippen LogP contribution in [-0.2, 0) is 23.5 Å². The summed E-state index contributed by atoms with van der Waals surface area (Å²) in [5.41, 5.74) is 1.01. The number of piperidine rings is 1. The highest BCUT2D eigenvalue weighted by Crippen LogP contribution is 2.22. The van der Waals surface area contributed by atoms with E-state index in [1.165, 1.54) is 21.4 Å². The molecule has 3 heterocycles. The third kappa shape index (κ3) is 3.98. The Labute approximate surface area is 148 Å². The molecule has 8 nitrogen and oxygen atoms in total. The zero-order valence-corrected chi connectivity index (χ0v) is 15.6. The van der Waals surface area contributed by atoms with Crippen molar-refractivity contribution in [2.45, 2.75) is 44.0 Å². The predicted molar refractivity (Wildman–Crippen MR) is 94.8 cm³/mol. The van der Waals surface area contributed by atoms with Crippen molar-refractivity contribution in [3.8, 4) is 0 Å². The highest BCUT2D eigenvalue weighted by atomic mass is 32.2. The van der Waals surface area contributed by atoms with Crippen molar-refractivity contribution in [3.05, 3.63) is 30.0 Å². The summed E-state index contributed by atoms with van der Waals surface area (Å²) in [6.45, 7) is 4.92. The number of nitrogens with zero attached hydrogens (tertiary/aromatic N) is 5. The first-order valence-corrected chi connectivity index (χ1v) is 9.92. The summed E-state index contributed by atoms with van der Waals surface area (Å²) < 4.78 is 28.3. The molecule has 0 spiro atoms. The second kappa shape index (κ2) is 7.09. The maximum absolute atomic E-state index is 12.6. The van der Waals surface area contributed by atoms with Gasteiger partial charge in [-0.1, -0.05) is 6.92 Å². The van der Waals surface area contributed by atoms with Gasteiger partial charge in [-0.15, -0.1) is 0 Å². The molecule has 1 aliphatic heterocycles. The molecule has 0 radical (unpaired) electrons. The SMILES string of the molecule is CCc1cc(NC2CCN(S(=O)(=O)c3cnn(C)c3)CC2)nc(C)n1. The molecule has 1 N–H and O–H groups in total. The van der Waals surface area contributed by atoms with Crippen molar-refractivity contribution in [1.82, 2.24) is 24.1 Å². The molecule has 9 heteroatoms. The zero-order chi connectivity index (χ0) is 18.0. The van der Waals surface area contributed by atoms with E-state index in [0.717, 1.165) is 36.6 Å². The van der Waals surface area contributed by atoms with E-state index >= 15 is 0 Å². The van der Waals surface area contributed by atoms with Crippen molar-refractivity contribution in [3.63, 3.8) is 0 Å². The number of hydrogen-bond acceptors (Lipinski definition) is 6. The third-order valence-corrected chi connectivity index (χ3v) is 6.23. The number of aryl methyl sites for hydroxylation is 3. The van der Waals surface area contributed by atoms with Crippen molar-refractivity contribution >= 4 is 15.8 Å². The standard InChI is InChI=1S/C16H24N6O2S/c1-4-13-9-16(19-12(2)18-13)20-14-5-7-22(8-6-14)25(23,24)15-10-17-21(3)11-15/h9-11,14H,4-8H2,1-3H3,(H,18,19,20). The highest BCUT2D eigenvalue weighted by molar-refractivity contribution is 7.89. The molecule has 0 atom stereocenters. The second-order valence-corrected chi connectivity index (χ2v) is 8.26. The number of rotatable bonds is 5. The van der Waals surface area contributed by atoms with Crippen LogP contribution in [0.3, 0.4) is 0 Å². The highest BCUT2D eigenvalue weighted by Gasteiger charge is 2.30. The van der Waals surface area contributed by atoms with E-state index in [9.17, 15) is 8.42 Å². The van der Waals surface area contributed by atoms with Crippen LogP contribution in [0, 0.1) is 6.92 Å². The van der Waals surface area contributed by atoms with Gasteiger partial charge in [-0.3, -0.25) is 4.68 Å². The Bertz CT molecular complexity index is 840. The molecule has 0 amide bonds. The summed E-state index contributed by atoms with van der Waals surface area (Å²) in [6, 6.07) is 2.17. The number of anilines is 1. The lowest BCUT2D eigenvalue weighted by Gasteiger charge is -2.31. The van der Waals surface area contributed by atoms with Gasteiger partial charge in [-0.2, -0.15) is 9.40 Å². The average molecular weight is 364 g/mol. The monoisotopic (exact) mass is 364 g/mol. The molecule has 0 bridgehead atoms. The van der Waals surface area contributed by atoms with Gasteiger partial charge in [0.05, 0.1) is 6.20 Å². The maximum atomic E-state index is 12.6. The van der Waals surface area contributed by atoms with Crippen molar-refractivity contribution in [2.24, 2.45) is 7.05 Å². The van der Waals surface area contributed by atoms with Crippen LogP contribution in [0.5, 0.6) is 0 Å². The van der Waals surface area contributed by atoms with Crippen LogP contribution in [0.4, 0.5) is 5.82 Å². The Morgan fingerprint density at radius 2 is 2.00 bits per heavy atom. The molecule has 136 valence electrons. The molecule has 2 aromatic heterocycles. The quantitative estimate of drug-likeness (QED) is 0.861. The topological polar surface area (TPSA) is 93.0 Å². The van der Waals surface area contributed by atoms with Gasteiger partial charge >= 0.3 is 0 Å². The Morgan fingerprint density at radius 1 is 1.28 bits per heavy atom. The van der Waals surface area contributed by atoms with Crippen LogP contribution < -0.4 is 5.32 Å². The van der Waals surface area contributed by atoms with E-state index in [2.05, 4.69) is 27.3 Å². The summed E-state index contributed by atoms with van der Waals surface area (Å²) >= 11 is 0. The smallest absolute Gasteiger partial charge is 0.246 e. The first kappa shape index (κ1) is 17.8. The summed E-state index contributed by atoms with van der Waals surface area (Å²) in [5.74, 6) is 1.57. The van der Waals surface area contributed by atoms with E-state index in [1.807, 2.05) is 13.0 Å². The molecule has 25 heavy (non-hydrogen) atoms. The normalized spacial score (nSPS) is 16.9. The summed E-state index contributed by atoms with van der Waals surface area (Å²) in [7, 11) is -1.75. The fraction of sp³-hybridized carbons (Fsp3) is 0.562. The summed E-state index contributed by atoms with van der Waals surface area (Å²) in [6.07, 6.45) is 5.28. The van der Waals surface area contributed by atoms with Gasteiger partial charge in [0, 0.05) is 44.1 Å². The lowest BCUT2D eigenvalue weighted by atomic mass is 10.1.